The fourth-order valence-electron chi connectivity index (χ4n) is 2.64. The zero-order valence-corrected chi connectivity index (χ0v) is 13.2. The number of nitrogens with one attached hydrogen (secondary N) is 1. The van der Waals surface area contributed by atoms with Gasteiger partial charge in [0.05, 0.1) is 11.6 Å². The number of methoxy groups -OCH3 is 1. The van der Waals surface area contributed by atoms with E-state index in [1.807, 2.05) is 0 Å². The van der Waals surface area contributed by atoms with Gasteiger partial charge in [-0.3, -0.25) is 4.79 Å². The molecular weight excluding hydrogens is 306 g/mol. The molecule has 0 heterocycles. The normalized spacial score (nSPS) is 21.2. The zero-order chi connectivity index (χ0) is 14.0. The summed E-state index contributed by atoms with van der Waals surface area (Å²) >= 11 is 3.40. The Bertz CT molecular complexity index is 485. The maximum Gasteiger partial charge on any atom is 0.251 e. The topological polar surface area (TPSA) is 38.3 Å². The highest BCUT2D eigenvalue weighted by atomic mass is 79.9. The summed E-state index contributed by atoms with van der Waals surface area (Å²) in [7, 11) is 1.61. The van der Waals surface area contributed by atoms with Crippen molar-refractivity contribution in [1.82, 2.24) is 5.32 Å². The van der Waals surface area contributed by atoms with Crippen molar-refractivity contribution in [3.05, 3.63) is 28.2 Å². The van der Waals surface area contributed by atoms with Gasteiger partial charge in [-0.25, -0.2) is 0 Å². The highest BCUT2D eigenvalue weighted by molar-refractivity contribution is 9.10. The van der Waals surface area contributed by atoms with Crippen LogP contribution in [-0.4, -0.2) is 19.1 Å². The molecule has 104 valence electrons. The fraction of sp³-hybridized carbons (Fsp3) is 0.533. The van der Waals surface area contributed by atoms with Crippen molar-refractivity contribution >= 4 is 21.8 Å². The molecule has 1 aromatic rings. The molecule has 1 aliphatic carbocycles. The third kappa shape index (κ3) is 3.50. The Morgan fingerprint density at radius 2 is 2.21 bits per heavy atom. The molecule has 4 heteroatoms. The quantitative estimate of drug-likeness (QED) is 0.918. The number of rotatable bonds is 3. The van der Waals surface area contributed by atoms with E-state index >= 15 is 0 Å². The Labute approximate surface area is 122 Å². The third-order valence-corrected chi connectivity index (χ3v) is 4.34. The minimum absolute atomic E-state index is 0.00828. The lowest BCUT2D eigenvalue weighted by Crippen LogP contribution is -2.33. The first-order valence-corrected chi connectivity index (χ1v) is 7.35. The van der Waals surface area contributed by atoms with E-state index in [9.17, 15) is 4.79 Å². The van der Waals surface area contributed by atoms with Crippen LogP contribution in [0.3, 0.4) is 0 Å². The summed E-state index contributed by atoms with van der Waals surface area (Å²) in [5.74, 6) is 0.726. The molecule has 0 radical (unpaired) electrons. The van der Waals surface area contributed by atoms with E-state index < -0.39 is 0 Å². The fourth-order valence-corrected chi connectivity index (χ4v) is 3.18. The zero-order valence-electron chi connectivity index (χ0n) is 11.6. The molecule has 1 atom stereocenters. The summed E-state index contributed by atoms with van der Waals surface area (Å²) in [4.78, 5) is 12.2. The molecule has 1 fully saturated rings. The molecule has 1 unspecified atom stereocenters. The first kappa shape index (κ1) is 14.4. The van der Waals surface area contributed by atoms with Crippen LogP contribution in [0.25, 0.3) is 0 Å². The van der Waals surface area contributed by atoms with E-state index in [1.165, 1.54) is 6.42 Å². The molecular formula is C15H20BrNO2. The van der Waals surface area contributed by atoms with Crippen molar-refractivity contribution in [3.8, 4) is 5.75 Å². The van der Waals surface area contributed by atoms with Crippen molar-refractivity contribution in [1.29, 1.82) is 0 Å². The molecule has 0 aromatic heterocycles. The molecule has 1 saturated carbocycles. The predicted octanol–water partition coefficient (Wildman–Crippen LogP) is 3.77. The molecule has 0 bridgehead atoms. The molecule has 0 spiro atoms. The maximum absolute atomic E-state index is 12.2. The number of halogens is 1. The summed E-state index contributed by atoms with van der Waals surface area (Å²) in [5, 5.41) is 3.11. The summed E-state index contributed by atoms with van der Waals surface area (Å²) < 4.78 is 5.96. The average molecular weight is 326 g/mol. The number of ether oxygens (including phenoxy) is 1. The van der Waals surface area contributed by atoms with Gasteiger partial charge in [-0.2, -0.15) is 0 Å². The summed E-state index contributed by atoms with van der Waals surface area (Å²) in [5.41, 5.74) is 1.01. The van der Waals surface area contributed by atoms with Gasteiger partial charge in [-0.1, -0.05) is 13.8 Å². The predicted molar refractivity (Wildman–Crippen MR) is 79.6 cm³/mol. The van der Waals surface area contributed by atoms with Gasteiger partial charge in [0.2, 0.25) is 0 Å². The highest BCUT2D eigenvalue weighted by Crippen LogP contribution is 2.37. The molecule has 2 rings (SSSR count). The summed E-state index contributed by atoms with van der Waals surface area (Å²) in [6, 6.07) is 5.69. The van der Waals surface area contributed by atoms with Gasteiger partial charge < -0.3 is 10.1 Å². The molecule has 1 aromatic carbocycles. The average Bonchev–Trinajstić information content (AvgIpc) is 2.68. The van der Waals surface area contributed by atoms with Crippen LogP contribution in [0.15, 0.2) is 22.7 Å². The van der Waals surface area contributed by atoms with Crippen LogP contribution in [0.1, 0.15) is 43.5 Å². The van der Waals surface area contributed by atoms with E-state index in [0.29, 0.717) is 17.0 Å². The SMILES string of the molecule is COc1ccc(C(=O)NC2CCC(C)(C)C2)cc1Br. The second kappa shape index (κ2) is 5.53. The number of amides is 1. The van der Waals surface area contributed by atoms with E-state index in [1.54, 1.807) is 25.3 Å². The maximum atomic E-state index is 12.2. The minimum atomic E-state index is -0.00828. The Hall–Kier alpha value is -1.03. The van der Waals surface area contributed by atoms with Crippen LogP contribution in [-0.2, 0) is 0 Å². The van der Waals surface area contributed by atoms with Crippen molar-refractivity contribution in [3.63, 3.8) is 0 Å². The van der Waals surface area contributed by atoms with Gasteiger partial charge in [-0.15, -0.1) is 0 Å². The van der Waals surface area contributed by atoms with Gasteiger partial charge in [-0.05, 0) is 58.8 Å². The minimum Gasteiger partial charge on any atom is -0.496 e. The lowest BCUT2D eigenvalue weighted by Gasteiger charge is -2.18. The number of carbonyl (C=O) groups excluding carboxylic acids is 1. The summed E-state index contributed by atoms with van der Waals surface area (Å²) in [6.07, 6.45) is 3.29. The van der Waals surface area contributed by atoms with Crippen molar-refractivity contribution in [2.45, 2.75) is 39.2 Å². The Balaban J connectivity index is 2.02. The van der Waals surface area contributed by atoms with E-state index in [4.69, 9.17) is 4.74 Å². The van der Waals surface area contributed by atoms with Crippen molar-refractivity contribution < 1.29 is 9.53 Å². The van der Waals surface area contributed by atoms with Crippen LogP contribution in [0.5, 0.6) is 5.75 Å². The van der Waals surface area contributed by atoms with Crippen molar-refractivity contribution in [2.75, 3.05) is 7.11 Å². The Morgan fingerprint density at radius 1 is 1.47 bits per heavy atom. The first-order valence-electron chi connectivity index (χ1n) is 6.56. The largest absolute Gasteiger partial charge is 0.496 e. The molecule has 1 N–H and O–H groups in total. The molecule has 19 heavy (non-hydrogen) atoms. The molecule has 1 amide bonds. The number of hydrogen-bond donors (Lipinski definition) is 1. The monoisotopic (exact) mass is 325 g/mol. The molecule has 3 nitrogen and oxygen atoms in total. The van der Waals surface area contributed by atoms with Crippen LogP contribution in [0.4, 0.5) is 0 Å². The lowest BCUT2D eigenvalue weighted by molar-refractivity contribution is 0.0936. The third-order valence-electron chi connectivity index (χ3n) is 3.72. The van der Waals surface area contributed by atoms with Gasteiger partial charge in [0.15, 0.2) is 0 Å². The lowest BCUT2D eigenvalue weighted by atomic mass is 9.92. The smallest absolute Gasteiger partial charge is 0.251 e. The van der Waals surface area contributed by atoms with Crippen molar-refractivity contribution in [2.24, 2.45) is 5.41 Å². The molecule has 1 aliphatic rings. The van der Waals surface area contributed by atoms with Crippen LogP contribution in [0, 0.1) is 5.41 Å². The van der Waals surface area contributed by atoms with Gasteiger partial charge in [0.25, 0.3) is 5.91 Å². The number of carbonyl (C=O) groups is 1. The number of benzene rings is 1. The number of hydrogen-bond acceptors (Lipinski definition) is 2. The van der Waals surface area contributed by atoms with E-state index in [2.05, 4.69) is 35.1 Å². The first-order chi connectivity index (χ1) is 8.91. The van der Waals surface area contributed by atoms with E-state index in [-0.39, 0.29) is 5.91 Å². The highest BCUT2D eigenvalue weighted by Gasteiger charge is 2.31. The van der Waals surface area contributed by atoms with Crippen LogP contribution in [0.2, 0.25) is 0 Å². The second-order valence-corrected chi connectivity index (χ2v) is 6.78. The molecule has 0 aliphatic heterocycles. The Morgan fingerprint density at radius 3 is 2.74 bits per heavy atom. The van der Waals surface area contributed by atoms with Crippen LogP contribution >= 0.6 is 15.9 Å². The van der Waals surface area contributed by atoms with Crippen LogP contribution < -0.4 is 10.1 Å². The van der Waals surface area contributed by atoms with Gasteiger partial charge in [0, 0.05) is 11.6 Å². The standard InChI is InChI=1S/C15H20BrNO2/c1-15(2)7-6-11(9-15)17-14(18)10-4-5-13(19-3)12(16)8-10/h4-5,8,11H,6-7,9H2,1-3H3,(H,17,18). The van der Waals surface area contributed by atoms with Gasteiger partial charge in [0.1, 0.15) is 5.75 Å². The second-order valence-electron chi connectivity index (χ2n) is 5.93. The van der Waals surface area contributed by atoms with Gasteiger partial charge >= 0.3 is 0 Å². The van der Waals surface area contributed by atoms with E-state index in [0.717, 1.165) is 23.1 Å². The Kier molecular flexibility index (Phi) is 4.19. The molecule has 0 saturated heterocycles. The summed E-state index contributed by atoms with van der Waals surface area (Å²) in [6.45, 7) is 4.51.